The second-order valence-electron chi connectivity index (χ2n) is 3.68. The summed E-state index contributed by atoms with van der Waals surface area (Å²) in [5, 5.41) is 13.5. The van der Waals surface area contributed by atoms with Crippen molar-refractivity contribution in [2.75, 3.05) is 6.73 Å². The second kappa shape index (κ2) is 5.67. The highest BCUT2D eigenvalue weighted by atomic mass is 16.6. The predicted octanol–water partition coefficient (Wildman–Crippen LogP) is 0.284. The van der Waals surface area contributed by atoms with Crippen LogP contribution in [0, 0.1) is 0 Å². The molecular formula is C8H11BN6O2. The number of ether oxygens (including phenoxy) is 2. The summed E-state index contributed by atoms with van der Waals surface area (Å²) in [7, 11) is 5.70. The second-order valence-corrected chi connectivity index (χ2v) is 3.68. The van der Waals surface area contributed by atoms with Crippen molar-refractivity contribution in [3.63, 3.8) is 0 Å². The van der Waals surface area contributed by atoms with Crippen molar-refractivity contribution in [2.24, 2.45) is 5.11 Å². The highest BCUT2D eigenvalue weighted by Gasteiger charge is 2.33. The van der Waals surface area contributed by atoms with Crippen LogP contribution in [0.4, 0.5) is 0 Å². The van der Waals surface area contributed by atoms with Crippen molar-refractivity contribution in [2.45, 2.75) is 31.1 Å². The molecule has 2 radical (unpaired) electrons. The Labute approximate surface area is 98.7 Å². The molecule has 0 bridgehead atoms. The molecule has 17 heavy (non-hydrogen) atoms. The van der Waals surface area contributed by atoms with Gasteiger partial charge in [0.1, 0.15) is 14.6 Å². The molecule has 1 aliphatic heterocycles. The van der Waals surface area contributed by atoms with E-state index in [1.165, 1.54) is 0 Å². The minimum absolute atomic E-state index is 0.0213. The van der Waals surface area contributed by atoms with Gasteiger partial charge in [-0.3, -0.25) is 0 Å². The van der Waals surface area contributed by atoms with E-state index in [1.807, 2.05) is 0 Å². The van der Waals surface area contributed by atoms with Gasteiger partial charge >= 0.3 is 0 Å². The molecule has 1 fully saturated rings. The first kappa shape index (κ1) is 11.9. The Bertz CT molecular complexity index is 393. The number of aromatic nitrogens is 3. The van der Waals surface area contributed by atoms with Crippen molar-refractivity contribution in [3.8, 4) is 0 Å². The minimum Gasteiger partial charge on any atom is -0.382 e. The van der Waals surface area contributed by atoms with Crippen LogP contribution < -0.4 is 0 Å². The molecule has 1 saturated heterocycles. The van der Waals surface area contributed by atoms with Crippen molar-refractivity contribution < 1.29 is 9.47 Å². The fourth-order valence-electron chi connectivity index (χ4n) is 1.79. The number of hydrogen-bond donors (Lipinski definition) is 1. The molecule has 88 valence electrons. The molecule has 1 aromatic rings. The van der Waals surface area contributed by atoms with Gasteiger partial charge in [0.15, 0.2) is 0 Å². The van der Waals surface area contributed by atoms with E-state index in [9.17, 15) is 0 Å². The van der Waals surface area contributed by atoms with Gasteiger partial charge in [0, 0.05) is 17.3 Å². The van der Waals surface area contributed by atoms with E-state index in [0.717, 1.165) is 5.69 Å². The molecule has 3 atom stereocenters. The van der Waals surface area contributed by atoms with Crippen molar-refractivity contribution in [1.82, 2.24) is 15.4 Å². The maximum Gasteiger partial charge on any atom is 0.126 e. The van der Waals surface area contributed by atoms with E-state index < -0.39 is 0 Å². The first-order valence-electron chi connectivity index (χ1n) is 5.17. The monoisotopic (exact) mass is 234 g/mol. The number of H-pyrrole nitrogens is 1. The average Bonchev–Trinajstić information content (AvgIpc) is 2.90. The summed E-state index contributed by atoms with van der Waals surface area (Å²) in [6.07, 6.45) is 2.38. The van der Waals surface area contributed by atoms with E-state index in [2.05, 4.69) is 25.4 Å². The van der Waals surface area contributed by atoms with Gasteiger partial charge in [0.05, 0.1) is 24.1 Å². The molecule has 8 nitrogen and oxygen atoms in total. The van der Waals surface area contributed by atoms with Crippen LogP contribution in [0.1, 0.15) is 12.1 Å². The molecule has 0 aliphatic carbocycles. The average molecular weight is 234 g/mol. The number of aromatic amines is 1. The lowest BCUT2D eigenvalue weighted by Crippen LogP contribution is -2.27. The van der Waals surface area contributed by atoms with Gasteiger partial charge in [-0.1, -0.05) is 5.11 Å². The van der Waals surface area contributed by atoms with Gasteiger partial charge in [-0.2, -0.15) is 15.4 Å². The molecule has 2 rings (SSSR count). The van der Waals surface area contributed by atoms with Crippen LogP contribution in [0.5, 0.6) is 0 Å². The minimum atomic E-state index is -0.358. The third-order valence-electron chi connectivity index (χ3n) is 2.51. The van der Waals surface area contributed by atoms with E-state index in [4.69, 9.17) is 22.9 Å². The van der Waals surface area contributed by atoms with Crippen LogP contribution in [-0.2, 0) is 15.9 Å². The van der Waals surface area contributed by atoms with E-state index >= 15 is 0 Å². The quantitative estimate of drug-likeness (QED) is 0.341. The van der Waals surface area contributed by atoms with Crippen LogP contribution in [-0.4, -0.2) is 48.2 Å². The van der Waals surface area contributed by atoms with Crippen molar-refractivity contribution in [1.29, 1.82) is 0 Å². The SMILES string of the molecule is [B]C1CC(OCN=[N+]=[N-])C(Cc2cn[nH]n2)O1. The Morgan fingerprint density at radius 3 is 3.35 bits per heavy atom. The molecule has 0 saturated carbocycles. The van der Waals surface area contributed by atoms with Gasteiger partial charge in [-0.15, -0.1) is 0 Å². The lowest BCUT2D eigenvalue weighted by molar-refractivity contribution is -0.0103. The molecule has 0 amide bonds. The lowest BCUT2D eigenvalue weighted by atomic mass is 9.95. The predicted molar refractivity (Wildman–Crippen MR) is 58.0 cm³/mol. The molecule has 2 heterocycles. The number of rotatable bonds is 5. The zero-order chi connectivity index (χ0) is 12.1. The van der Waals surface area contributed by atoms with Gasteiger partial charge in [0.25, 0.3) is 0 Å². The van der Waals surface area contributed by atoms with Gasteiger partial charge < -0.3 is 9.47 Å². The zero-order valence-corrected chi connectivity index (χ0v) is 9.06. The highest BCUT2D eigenvalue weighted by molar-refractivity contribution is 6.11. The van der Waals surface area contributed by atoms with Crippen LogP contribution >= 0.6 is 0 Å². The Morgan fingerprint density at radius 2 is 2.65 bits per heavy atom. The Morgan fingerprint density at radius 1 is 1.76 bits per heavy atom. The maximum absolute atomic E-state index is 8.17. The Hall–Kier alpha value is -1.57. The Kier molecular flexibility index (Phi) is 3.97. The summed E-state index contributed by atoms with van der Waals surface area (Å²) in [5.74, 6) is 0. The number of azide groups is 1. The molecule has 9 heteroatoms. The number of nitrogens with zero attached hydrogens (tertiary/aromatic N) is 5. The van der Waals surface area contributed by atoms with E-state index in [1.54, 1.807) is 6.20 Å². The largest absolute Gasteiger partial charge is 0.382 e. The molecule has 3 unspecified atom stereocenters. The summed E-state index contributed by atoms with van der Waals surface area (Å²) in [6, 6.07) is -0.358. The van der Waals surface area contributed by atoms with Crippen molar-refractivity contribution in [3.05, 3.63) is 22.3 Å². The molecular weight excluding hydrogens is 223 g/mol. The fraction of sp³-hybridized carbons (Fsp3) is 0.750. The zero-order valence-electron chi connectivity index (χ0n) is 9.06. The standard InChI is InChI=1S/C8H11BN6O2/c9-8-2-6(16-4-12-14-10)7(17-8)1-5-3-11-15-13-5/h3,6-8H,1-2,4H2,(H,11,13,15). The third kappa shape index (κ3) is 3.19. The maximum atomic E-state index is 8.17. The van der Waals surface area contributed by atoms with Crippen LogP contribution in [0.3, 0.4) is 0 Å². The van der Waals surface area contributed by atoms with Gasteiger partial charge in [-0.05, 0) is 12.0 Å². The Balaban J connectivity index is 1.91. The van der Waals surface area contributed by atoms with Crippen LogP contribution in [0.15, 0.2) is 11.3 Å². The van der Waals surface area contributed by atoms with Crippen molar-refractivity contribution >= 4 is 7.85 Å². The summed E-state index contributed by atoms with van der Waals surface area (Å²) in [6.45, 7) is -0.0213. The number of nitrogens with one attached hydrogen (secondary N) is 1. The number of hydrogen-bond acceptors (Lipinski definition) is 5. The highest BCUT2D eigenvalue weighted by Crippen LogP contribution is 2.24. The lowest BCUT2D eigenvalue weighted by Gasteiger charge is -2.16. The molecule has 1 aromatic heterocycles. The van der Waals surface area contributed by atoms with Gasteiger partial charge in [-0.25, -0.2) is 0 Å². The van der Waals surface area contributed by atoms with Gasteiger partial charge in [0.2, 0.25) is 0 Å². The van der Waals surface area contributed by atoms with E-state index in [0.29, 0.717) is 12.8 Å². The first-order valence-corrected chi connectivity index (χ1v) is 5.17. The fourth-order valence-corrected chi connectivity index (χ4v) is 1.79. The summed E-state index contributed by atoms with van der Waals surface area (Å²) in [5.41, 5.74) is 8.94. The normalized spacial score (nSPS) is 27.9. The third-order valence-corrected chi connectivity index (χ3v) is 2.51. The summed E-state index contributed by atoms with van der Waals surface area (Å²) >= 11 is 0. The summed E-state index contributed by atoms with van der Waals surface area (Å²) in [4.78, 5) is 2.62. The molecule has 0 aromatic carbocycles. The molecule has 1 N–H and O–H groups in total. The topological polar surface area (TPSA) is 109 Å². The molecule has 0 spiro atoms. The molecule has 1 aliphatic rings. The van der Waals surface area contributed by atoms with Crippen LogP contribution in [0.2, 0.25) is 0 Å². The first-order chi connectivity index (χ1) is 8.29. The van der Waals surface area contributed by atoms with E-state index in [-0.39, 0.29) is 24.9 Å². The van der Waals surface area contributed by atoms with Crippen LogP contribution in [0.25, 0.3) is 10.4 Å². The summed E-state index contributed by atoms with van der Waals surface area (Å²) < 4.78 is 10.9. The smallest absolute Gasteiger partial charge is 0.126 e.